The first-order valence-corrected chi connectivity index (χ1v) is 3.02. The predicted octanol–water partition coefficient (Wildman–Crippen LogP) is 0.0690. The summed E-state index contributed by atoms with van der Waals surface area (Å²) in [5.74, 6) is -0.892. The van der Waals surface area contributed by atoms with Gasteiger partial charge in [-0.2, -0.15) is 0 Å². The Hall–Kier alpha value is -0.570. The summed E-state index contributed by atoms with van der Waals surface area (Å²) in [5, 5.41) is 11.6. The van der Waals surface area contributed by atoms with Crippen molar-refractivity contribution in [3.05, 3.63) is 0 Å². The Morgan fingerprint density at radius 2 is 2.33 bits per heavy atom. The zero-order valence-corrected chi connectivity index (χ0v) is 5.64. The maximum absolute atomic E-state index is 10.4. The molecule has 1 rings (SSSR count). The van der Waals surface area contributed by atoms with E-state index in [4.69, 9.17) is 5.11 Å². The normalized spacial score (nSPS) is 31.1. The smallest absolute Gasteiger partial charge is 0.309 e. The standard InChI is InChI=1S/C6H11NO2/c1-6(2)4(3-7-6)5(8)9/h4,7H,3H2,1-2H3,(H,8,9). The summed E-state index contributed by atoms with van der Waals surface area (Å²) in [5.41, 5.74) is -0.189. The van der Waals surface area contributed by atoms with Gasteiger partial charge in [0.15, 0.2) is 0 Å². The Morgan fingerprint density at radius 1 is 1.78 bits per heavy atom. The molecule has 2 N–H and O–H groups in total. The minimum Gasteiger partial charge on any atom is -0.481 e. The molecule has 0 aromatic rings. The van der Waals surface area contributed by atoms with Gasteiger partial charge in [0.25, 0.3) is 0 Å². The van der Waals surface area contributed by atoms with Crippen molar-refractivity contribution in [2.45, 2.75) is 19.4 Å². The zero-order chi connectivity index (χ0) is 7.07. The molecule has 3 nitrogen and oxygen atoms in total. The number of hydrogen-bond acceptors (Lipinski definition) is 2. The molecule has 0 amide bonds. The maximum atomic E-state index is 10.4. The van der Waals surface area contributed by atoms with Crippen LogP contribution in [-0.2, 0) is 4.79 Å². The van der Waals surface area contributed by atoms with Crippen molar-refractivity contribution >= 4 is 5.97 Å². The second kappa shape index (κ2) is 1.70. The average Bonchev–Trinajstić information content (AvgIpc) is 1.62. The van der Waals surface area contributed by atoms with E-state index in [-0.39, 0.29) is 11.5 Å². The van der Waals surface area contributed by atoms with E-state index in [2.05, 4.69) is 5.32 Å². The molecule has 0 aromatic carbocycles. The van der Waals surface area contributed by atoms with Crippen LogP contribution in [0.15, 0.2) is 0 Å². The van der Waals surface area contributed by atoms with E-state index in [0.29, 0.717) is 6.54 Å². The number of nitrogens with one attached hydrogen (secondary N) is 1. The van der Waals surface area contributed by atoms with Crippen molar-refractivity contribution < 1.29 is 9.90 Å². The van der Waals surface area contributed by atoms with Gasteiger partial charge in [-0.05, 0) is 13.8 Å². The molecule has 1 aliphatic rings. The van der Waals surface area contributed by atoms with Crippen LogP contribution < -0.4 is 5.32 Å². The first-order valence-electron chi connectivity index (χ1n) is 3.02. The summed E-state index contributed by atoms with van der Waals surface area (Å²) in [6.45, 7) is 4.41. The third-order valence-electron chi connectivity index (χ3n) is 1.93. The molecule has 0 radical (unpaired) electrons. The fraction of sp³-hybridized carbons (Fsp3) is 0.833. The van der Waals surface area contributed by atoms with Gasteiger partial charge in [-0.15, -0.1) is 0 Å². The van der Waals surface area contributed by atoms with Crippen LogP contribution in [0.4, 0.5) is 0 Å². The molecule has 0 aromatic heterocycles. The van der Waals surface area contributed by atoms with E-state index in [0.717, 1.165) is 0 Å². The fourth-order valence-corrected chi connectivity index (χ4v) is 1.01. The molecule has 1 saturated heterocycles. The number of carboxylic acids is 1. The summed E-state index contributed by atoms with van der Waals surface area (Å²) in [7, 11) is 0. The van der Waals surface area contributed by atoms with E-state index >= 15 is 0 Å². The Bertz CT molecular complexity index is 142. The van der Waals surface area contributed by atoms with Gasteiger partial charge < -0.3 is 10.4 Å². The van der Waals surface area contributed by atoms with Gasteiger partial charge in [-0.3, -0.25) is 4.79 Å². The van der Waals surface area contributed by atoms with E-state index in [1.807, 2.05) is 13.8 Å². The van der Waals surface area contributed by atoms with Gasteiger partial charge in [0.2, 0.25) is 0 Å². The number of carboxylic acid groups (broad SMARTS) is 1. The quantitative estimate of drug-likeness (QED) is 0.526. The number of hydrogen-bond donors (Lipinski definition) is 2. The molecule has 9 heavy (non-hydrogen) atoms. The lowest BCUT2D eigenvalue weighted by Crippen LogP contribution is -2.63. The Labute approximate surface area is 54.1 Å². The first-order chi connectivity index (χ1) is 4.04. The lowest BCUT2D eigenvalue weighted by molar-refractivity contribution is -0.148. The summed E-state index contributed by atoms with van der Waals surface area (Å²) in [6.07, 6.45) is 0. The van der Waals surface area contributed by atoms with Crippen LogP contribution >= 0.6 is 0 Å². The van der Waals surface area contributed by atoms with Crippen LogP contribution in [0.25, 0.3) is 0 Å². The van der Waals surface area contributed by atoms with Crippen LogP contribution in [0.2, 0.25) is 0 Å². The van der Waals surface area contributed by atoms with E-state index in [9.17, 15) is 4.79 Å². The third-order valence-corrected chi connectivity index (χ3v) is 1.93. The highest BCUT2D eigenvalue weighted by molar-refractivity contribution is 5.73. The molecule has 1 atom stereocenters. The zero-order valence-electron chi connectivity index (χ0n) is 5.64. The molecular formula is C6H11NO2. The molecule has 0 bridgehead atoms. The maximum Gasteiger partial charge on any atom is 0.309 e. The number of carbonyl (C=O) groups is 1. The molecule has 1 aliphatic heterocycles. The molecule has 0 spiro atoms. The van der Waals surface area contributed by atoms with E-state index in [1.165, 1.54) is 0 Å². The van der Waals surface area contributed by atoms with Gasteiger partial charge in [-0.1, -0.05) is 0 Å². The van der Waals surface area contributed by atoms with Crippen molar-refractivity contribution in [2.24, 2.45) is 5.92 Å². The molecule has 0 aliphatic carbocycles. The lowest BCUT2D eigenvalue weighted by Gasteiger charge is -2.42. The minimum atomic E-state index is -0.696. The summed E-state index contributed by atoms with van der Waals surface area (Å²) in [4.78, 5) is 10.4. The number of aliphatic carboxylic acids is 1. The van der Waals surface area contributed by atoms with Crippen LogP contribution in [0.5, 0.6) is 0 Å². The van der Waals surface area contributed by atoms with Crippen LogP contribution in [-0.4, -0.2) is 23.2 Å². The molecular weight excluding hydrogens is 118 g/mol. The van der Waals surface area contributed by atoms with Crippen LogP contribution in [0.3, 0.4) is 0 Å². The molecule has 3 heteroatoms. The van der Waals surface area contributed by atoms with Crippen LogP contribution in [0, 0.1) is 5.92 Å². The van der Waals surface area contributed by atoms with Gasteiger partial charge in [-0.25, -0.2) is 0 Å². The first kappa shape index (κ1) is 6.55. The van der Waals surface area contributed by atoms with Crippen molar-refractivity contribution in [3.8, 4) is 0 Å². The second-order valence-electron chi connectivity index (χ2n) is 2.99. The third kappa shape index (κ3) is 0.920. The Balaban J connectivity index is 2.55. The van der Waals surface area contributed by atoms with Gasteiger partial charge in [0.1, 0.15) is 0 Å². The highest BCUT2D eigenvalue weighted by Gasteiger charge is 2.42. The van der Waals surface area contributed by atoms with Crippen molar-refractivity contribution in [1.82, 2.24) is 5.32 Å². The van der Waals surface area contributed by atoms with Gasteiger partial charge in [0.05, 0.1) is 5.92 Å². The largest absolute Gasteiger partial charge is 0.481 e. The average molecular weight is 129 g/mol. The van der Waals surface area contributed by atoms with Crippen LogP contribution in [0.1, 0.15) is 13.8 Å². The minimum absolute atomic E-state index is 0.189. The summed E-state index contributed by atoms with van der Waals surface area (Å²) >= 11 is 0. The topological polar surface area (TPSA) is 49.3 Å². The van der Waals surface area contributed by atoms with E-state index < -0.39 is 5.97 Å². The SMILES string of the molecule is CC1(C)NCC1C(=O)O. The lowest BCUT2D eigenvalue weighted by atomic mass is 9.80. The molecule has 1 fully saturated rings. The highest BCUT2D eigenvalue weighted by atomic mass is 16.4. The van der Waals surface area contributed by atoms with Crippen molar-refractivity contribution in [3.63, 3.8) is 0 Å². The fourth-order valence-electron chi connectivity index (χ4n) is 1.01. The summed E-state index contributed by atoms with van der Waals surface area (Å²) < 4.78 is 0. The Morgan fingerprint density at radius 3 is 2.33 bits per heavy atom. The predicted molar refractivity (Wildman–Crippen MR) is 33.2 cm³/mol. The van der Waals surface area contributed by atoms with Crippen molar-refractivity contribution in [2.75, 3.05) is 6.54 Å². The second-order valence-corrected chi connectivity index (χ2v) is 2.99. The van der Waals surface area contributed by atoms with E-state index in [1.54, 1.807) is 0 Å². The van der Waals surface area contributed by atoms with Gasteiger partial charge >= 0.3 is 5.97 Å². The monoisotopic (exact) mass is 129 g/mol. The summed E-state index contributed by atoms with van der Waals surface area (Å²) in [6, 6.07) is 0. The van der Waals surface area contributed by atoms with Gasteiger partial charge in [0, 0.05) is 12.1 Å². The Kier molecular flexibility index (Phi) is 1.24. The molecule has 1 unspecified atom stereocenters. The molecule has 52 valence electrons. The number of rotatable bonds is 1. The molecule has 0 saturated carbocycles. The van der Waals surface area contributed by atoms with Crippen molar-refractivity contribution in [1.29, 1.82) is 0 Å². The highest BCUT2D eigenvalue weighted by Crippen LogP contribution is 2.24. The molecule has 1 heterocycles.